The molecule has 1 nitrogen and oxygen atoms in total. The Balaban J connectivity index is 1.09. The topological polar surface area (TPSA) is 3.24 Å². The van der Waals surface area contributed by atoms with E-state index in [9.17, 15) is 0 Å². The van der Waals surface area contributed by atoms with Gasteiger partial charge in [-0.05, 0) is 116 Å². The average Bonchev–Trinajstić information content (AvgIpc) is 3.85. The summed E-state index contributed by atoms with van der Waals surface area (Å²) in [6.07, 6.45) is 4.36. The molecule has 0 saturated carbocycles. The van der Waals surface area contributed by atoms with E-state index in [4.69, 9.17) is 0 Å². The van der Waals surface area contributed by atoms with Crippen LogP contribution in [0.5, 0.6) is 0 Å². The lowest BCUT2D eigenvalue weighted by Gasteiger charge is -2.25. The van der Waals surface area contributed by atoms with E-state index in [1.165, 1.54) is 41.1 Å². The zero-order chi connectivity index (χ0) is 29.2. The molecule has 210 valence electrons. The van der Waals surface area contributed by atoms with Crippen LogP contribution in [0.15, 0.2) is 134 Å². The summed E-state index contributed by atoms with van der Waals surface area (Å²) in [7, 11) is 0. The summed E-state index contributed by atoms with van der Waals surface area (Å²) in [5.74, 6) is 0. The Morgan fingerprint density at radius 2 is 1.14 bits per heavy atom. The predicted octanol–water partition coefficient (Wildman–Crippen LogP) is 14.1. The smallest absolute Gasteiger partial charge is 0.0782 e. The molecule has 0 spiro atoms. The van der Waals surface area contributed by atoms with Crippen LogP contribution < -0.4 is 4.90 Å². The van der Waals surface area contributed by atoms with Gasteiger partial charge in [0.1, 0.15) is 0 Å². The minimum atomic E-state index is 1.13. The summed E-state index contributed by atoms with van der Waals surface area (Å²) in [6, 6.07) is 43.4. The van der Waals surface area contributed by atoms with Crippen LogP contribution in [0.1, 0.15) is 10.4 Å². The summed E-state index contributed by atoms with van der Waals surface area (Å²) in [6.45, 7) is 0. The van der Waals surface area contributed by atoms with E-state index in [1.54, 1.807) is 11.3 Å². The third-order valence-electron chi connectivity index (χ3n) is 6.91. The van der Waals surface area contributed by atoms with Crippen molar-refractivity contribution in [2.24, 2.45) is 0 Å². The van der Waals surface area contributed by atoms with Gasteiger partial charge in [-0.25, -0.2) is 0 Å². The van der Waals surface area contributed by atoms with Crippen LogP contribution in [-0.4, -0.2) is 0 Å². The Morgan fingerprint density at radius 1 is 0.512 bits per heavy atom. The number of anilines is 3. The first kappa shape index (κ1) is 28.7. The molecule has 7 aromatic rings. The van der Waals surface area contributed by atoms with E-state index in [1.807, 2.05) is 34.0 Å². The second-order valence-electron chi connectivity index (χ2n) is 9.73. The Kier molecular flexibility index (Phi) is 8.62. The molecule has 4 heterocycles. The molecule has 0 unspecified atom stereocenters. The van der Waals surface area contributed by atoms with E-state index in [2.05, 4.69) is 176 Å². The van der Waals surface area contributed by atoms with Crippen molar-refractivity contribution in [1.82, 2.24) is 0 Å². The van der Waals surface area contributed by atoms with Gasteiger partial charge in [0, 0.05) is 58.0 Å². The zero-order valence-corrected chi connectivity index (χ0v) is 29.1. The minimum Gasteiger partial charge on any atom is -0.311 e. The first-order valence-corrected chi connectivity index (χ1v) is 18.4. The van der Waals surface area contributed by atoms with Gasteiger partial charge >= 0.3 is 0 Å². The molecule has 4 aromatic heterocycles. The van der Waals surface area contributed by atoms with Gasteiger partial charge in [0.15, 0.2) is 0 Å². The number of thiophene rings is 4. The molecule has 0 radical (unpaired) electrons. The fraction of sp³-hybridized carbons (Fsp3) is 0. The number of rotatable bonds is 8. The maximum Gasteiger partial charge on any atom is 0.0782 e. The third-order valence-corrected chi connectivity index (χ3v) is 12.7. The lowest BCUT2D eigenvalue weighted by Crippen LogP contribution is -2.09. The monoisotopic (exact) mass is 755 g/mol. The molecule has 0 amide bonds. The SMILES string of the molecule is Brc1cc(/C=C/c2ccc(-c3csc(-c4ccc(-c5ccc(N(c6ccccc6)c6ccccc6)cc5)s4)c3)s2)c(Br)s1. The molecule has 43 heavy (non-hydrogen) atoms. The number of nitrogens with zero attached hydrogens (tertiary/aromatic N) is 1. The highest BCUT2D eigenvalue weighted by atomic mass is 79.9. The van der Waals surface area contributed by atoms with Crippen LogP contribution in [-0.2, 0) is 0 Å². The lowest BCUT2D eigenvalue weighted by atomic mass is 10.1. The van der Waals surface area contributed by atoms with Crippen molar-refractivity contribution in [3.05, 3.63) is 145 Å². The minimum absolute atomic E-state index is 1.13. The molecule has 0 aliphatic heterocycles. The van der Waals surface area contributed by atoms with Crippen molar-refractivity contribution in [3.63, 3.8) is 0 Å². The molecular weight excluding hydrogens is 734 g/mol. The van der Waals surface area contributed by atoms with Gasteiger partial charge in [-0.15, -0.1) is 45.3 Å². The summed E-state index contributed by atoms with van der Waals surface area (Å²) < 4.78 is 2.27. The fourth-order valence-corrected chi connectivity index (χ4v) is 10.6. The highest BCUT2D eigenvalue weighted by molar-refractivity contribution is 9.12. The van der Waals surface area contributed by atoms with E-state index < -0.39 is 0 Å². The van der Waals surface area contributed by atoms with Crippen molar-refractivity contribution < 1.29 is 0 Å². The highest BCUT2D eigenvalue weighted by Gasteiger charge is 2.14. The lowest BCUT2D eigenvalue weighted by molar-refractivity contribution is 1.28. The van der Waals surface area contributed by atoms with Crippen LogP contribution in [0.2, 0.25) is 0 Å². The zero-order valence-electron chi connectivity index (χ0n) is 22.6. The normalized spacial score (nSPS) is 11.4. The maximum atomic E-state index is 3.64. The van der Waals surface area contributed by atoms with Gasteiger partial charge in [-0.1, -0.05) is 54.6 Å². The maximum absolute atomic E-state index is 3.64. The van der Waals surface area contributed by atoms with Crippen molar-refractivity contribution in [1.29, 1.82) is 0 Å². The number of hydrogen-bond acceptors (Lipinski definition) is 5. The van der Waals surface area contributed by atoms with Gasteiger partial charge < -0.3 is 4.90 Å². The highest BCUT2D eigenvalue weighted by Crippen LogP contribution is 2.42. The first-order chi connectivity index (χ1) is 21.1. The van der Waals surface area contributed by atoms with Gasteiger partial charge in [-0.2, -0.15) is 0 Å². The number of benzene rings is 3. The molecule has 0 bridgehead atoms. The van der Waals surface area contributed by atoms with E-state index in [-0.39, 0.29) is 0 Å². The van der Waals surface area contributed by atoms with E-state index >= 15 is 0 Å². The van der Waals surface area contributed by atoms with Gasteiger partial charge in [-0.3, -0.25) is 0 Å². The molecule has 7 heteroatoms. The fourth-order valence-electron chi connectivity index (χ4n) is 4.83. The molecule has 3 aromatic carbocycles. The van der Waals surface area contributed by atoms with Crippen LogP contribution in [0.25, 0.3) is 42.8 Å². The largest absolute Gasteiger partial charge is 0.311 e. The first-order valence-electron chi connectivity index (χ1n) is 13.5. The molecular formula is C36H23Br2NS4. The molecule has 0 fully saturated rings. The molecule has 0 atom stereocenters. The number of para-hydroxylation sites is 2. The van der Waals surface area contributed by atoms with Crippen molar-refractivity contribution in [3.8, 4) is 30.6 Å². The van der Waals surface area contributed by atoms with Gasteiger partial charge in [0.05, 0.1) is 7.57 Å². The van der Waals surface area contributed by atoms with Crippen LogP contribution in [0.4, 0.5) is 17.1 Å². The van der Waals surface area contributed by atoms with E-state index in [0.717, 1.165) is 24.6 Å². The molecule has 7 rings (SSSR count). The summed E-state index contributed by atoms with van der Waals surface area (Å²) >= 11 is 14.4. The quantitative estimate of drug-likeness (QED) is 0.149. The van der Waals surface area contributed by atoms with Crippen LogP contribution in [0, 0.1) is 0 Å². The molecule has 0 saturated heterocycles. The van der Waals surface area contributed by atoms with Crippen molar-refractivity contribution >= 4 is 106 Å². The summed E-state index contributed by atoms with van der Waals surface area (Å²) in [5, 5.41) is 2.27. The van der Waals surface area contributed by atoms with Crippen molar-refractivity contribution in [2.75, 3.05) is 4.90 Å². The van der Waals surface area contributed by atoms with Crippen LogP contribution in [0.3, 0.4) is 0 Å². The second-order valence-corrected chi connectivity index (χ2v) is 16.6. The number of hydrogen-bond donors (Lipinski definition) is 0. The van der Waals surface area contributed by atoms with E-state index in [0.29, 0.717) is 0 Å². The van der Waals surface area contributed by atoms with Gasteiger partial charge in [0.2, 0.25) is 0 Å². The van der Waals surface area contributed by atoms with Crippen molar-refractivity contribution in [2.45, 2.75) is 0 Å². The second kappa shape index (κ2) is 12.9. The molecule has 0 N–H and O–H groups in total. The summed E-state index contributed by atoms with van der Waals surface area (Å²) in [5.41, 5.74) is 7.14. The Hall–Kier alpha value is -3.04. The Morgan fingerprint density at radius 3 is 1.81 bits per heavy atom. The molecule has 0 aliphatic rings. The third kappa shape index (κ3) is 6.43. The molecule has 0 aliphatic carbocycles. The predicted molar refractivity (Wildman–Crippen MR) is 200 cm³/mol. The summed E-state index contributed by atoms with van der Waals surface area (Å²) in [4.78, 5) is 8.72. The van der Waals surface area contributed by atoms with Crippen LogP contribution >= 0.6 is 77.2 Å². The van der Waals surface area contributed by atoms with Gasteiger partial charge in [0.25, 0.3) is 0 Å². The average molecular weight is 758 g/mol. The Bertz CT molecular complexity index is 1960. The number of halogens is 2. The standard InChI is InChI=1S/C36H23Br2NS4/c37-35-22-25(36(38)43-35)13-16-30-17-18-32(41-30)26-21-34(40-23-26)33-20-19-31(42-33)24-11-14-29(15-12-24)39(27-7-3-1-4-8-27)28-9-5-2-6-10-28/h1-23H/b16-13+. The Labute approximate surface area is 284 Å².